The highest BCUT2D eigenvalue weighted by molar-refractivity contribution is 7.28. The number of carbonyl (C=O) groups is 1. The van der Waals surface area contributed by atoms with Crippen LogP contribution in [0, 0.1) is 0 Å². The molecule has 0 saturated carbocycles. The summed E-state index contributed by atoms with van der Waals surface area (Å²) >= 11 is 6.73. The molecule has 7 rings (SSSR count). The molecule has 1 atom stereocenters. The van der Waals surface area contributed by atoms with Crippen molar-refractivity contribution in [1.82, 2.24) is 0 Å². The normalized spacial score (nSPS) is 17.6. The molecule has 1 aromatic carbocycles. The van der Waals surface area contributed by atoms with Crippen molar-refractivity contribution in [3.8, 4) is 0 Å². The number of rotatable bonds is 2. The highest BCUT2D eigenvalue weighted by atomic mass is 32.1. The van der Waals surface area contributed by atoms with Gasteiger partial charge in [-0.15, -0.1) is 45.3 Å². The molecule has 4 nitrogen and oxygen atoms in total. The van der Waals surface area contributed by atoms with E-state index in [4.69, 9.17) is 0 Å². The molecule has 0 saturated heterocycles. The number of thiophene rings is 4. The Bertz CT molecular complexity index is 1590. The second-order valence-corrected chi connectivity index (χ2v) is 11.3. The number of amides is 1. The summed E-state index contributed by atoms with van der Waals surface area (Å²) in [4.78, 5) is 14.9. The Labute approximate surface area is 186 Å². The van der Waals surface area contributed by atoms with Crippen LogP contribution >= 0.6 is 45.3 Å². The smallest absolute Gasteiger partial charge is 0.257 e. The Hall–Kier alpha value is -2.49. The van der Waals surface area contributed by atoms with Gasteiger partial charge in [0.25, 0.3) is 5.91 Å². The molecule has 1 unspecified atom stereocenters. The van der Waals surface area contributed by atoms with Crippen LogP contribution in [0.4, 0.5) is 11.4 Å². The molecule has 2 aliphatic heterocycles. The summed E-state index contributed by atoms with van der Waals surface area (Å²) in [6, 6.07) is 12.4. The molecule has 146 valence electrons. The summed E-state index contributed by atoms with van der Waals surface area (Å²) in [7, 11) is 0. The lowest BCUT2D eigenvalue weighted by Gasteiger charge is -2.07. The monoisotopic (exact) mass is 464 g/mol. The van der Waals surface area contributed by atoms with Crippen LogP contribution in [-0.2, 0) is 4.79 Å². The van der Waals surface area contributed by atoms with Gasteiger partial charge in [-0.3, -0.25) is 4.79 Å². The van der Waals surface area contributed by atoms with Gasteiger partial charge in [-0.25, -0.2) is 0 Å². The number of nitrogens with one attached hydrogen (secondary N) is 2. The maximum atomic E-state index is 12.8. The first kappa shape index (κ1) is 17.2. The van der Waals surface area contributed by atoms with Gasteiger partial charge < -0.3 is 15.7 Å². The summed E-state index contributed by atoms with van der Waals surface area (Å²) in [5.41, 5.74) is 3.25. The third kappa shape index (κ3) is 2.31. The number of benzene rings is 1. The maximum absolute atomic E-state index is 12.8. The van der Waals surface area contributed by atoms with Crippen LogP contribution in [0.5, 0.6) is 0 Å². The Morgan fingerprint density at radius 2 is 1.47 bits per heavy atom. The fourth-order valence-corrected chi connectivity index (χ4v) is 8.58. The molecule has 3 N–H and O–H groups in total. The van der Waals surface area contributed by atoms with Crippen LogP contribution in [-0.4, -0.2) is 17.2 Å². The number of hydrogen-bond acceptors (Lipinski definition) is 7. The van der Waals surface area contributed by atoms with Crippen molar-refractivity contribution in [1.29, 1.82) is 0 Å². The minimum atomic E-state index is -0.762. The Morgan fingerprint density at radius 1 is 0.800 bits per heavy atom. The van der Waals surface area contributed by atoms with E-state index in [-0.39, 0.29) is 5.91 Å². The second kappa shape index (κ2) is 6.03. The zero-order chi connectivity index (χ0) is 20.0. The molecule has 0 fully saturated rings. The first-order chi connectivity index (χ1) is 14.7. The SMILES string of the molecule is O=C1Nc2cc3c(cc2=C1c1cc2sccc2s1)NC(O)C=3c1cc2sccc2s1. The molecule has 1 amide bonds. The van der Waals surface area contributed by atoms with E-state index in [0.717, 1.165) is 37.1 Å². The third-order valence-corrected chi connectivity index (χ3v) is 9.79. The van der Waals surface area contributed by atoms with Crippen LogP contribution in [0.25, 0.3) is 29.9 Å². The lowest BCUT2D eigenvalue weighted by molar-refractivity contribution is -0.110. The number of carbonyl (C=O) groups excluding carboxylic acids is 1. The Balaban J connectivity index is 1.48. The van der Waals surface area contributed by atoms with Gasteiger partial charge in [0.1, 0.15) is 0 Å². The van der Waals surface area contributed by atoms with E-state index in [1.807, 2.05) is 12.1 Å². The molecular weight excluding hydrogens is 453 g/mol. The average Bonchev–Trinajstić information content (AvgIpc) is 3.47. The summed E-state index contributed by atoms with van der Waals surface area (Å²) in [6.45, 7) is 0. The zero-order valence-electron chi connectivity index (χ0n) is 15.2. The van der Waals surface area contributed by atoms with Crippen molar-refractivity contribution in [2.24, 2.45) is 0 Å². The van der Waals surface area contributed by atoms with Gasteiger partial charge in [-0.2, -0.15) is 0 Å². The van der Waals surface area contributed by atoms with Crippen LogP contribution in [0.3, 0.4) is 0 Å². The maximum Gasteiger partial charge on any atom is 0.257 e. The number of aliphatic hydroxyl groups excluding tert-OH is 1. The van der Waals surface area contributed by atoms with Gasteiger partial charge in [0.2, 0.25) is 0 Å². The largest absolute Gasteiger partial charge is 0.369 e. The Morgan fingerprint density at radius 3 is 2.20 bits per heavy atom. The van der Waals surface area contributed by atoms with Crippen molar-refractivity contribution in [3.63, 3.8) is 0 Å². The van der Waals surface area contributed by atoms with Crippen LogP contribution in [0.15, 0.2) is 47.2 Å². The van der Waals surface area contributed by atoms with Crippen molar-refractivity contribution < 1.29 is 9.90 Å². The highest BCUT2D eigenvalue weighted by Crippen LogP contribution is 2.37. The topological polar surface area (TPSA) is 61.4 Å². The molecule has 0 bridgehead atoms. The first-order valence-electron chi connectivity index (χ1n) is 9.29. The number of aliphatic hydroxyl groups is 1. The Kier molecular flexibility index (Phi) is 3.46. The van der Waals surface area contributed by atoms with E-state index >= 15 is 0 Å². The quantitative estimate of drug-likeness (QED) is 0.364. The number of anilines is 2. The van der Waals surface area contributed by atoms with Crippen LogP contribution in [0.2, 0.25) is 0 Å². The van der Waals surface area contributed by atoms with Gasteiger partial charge in [-0.1, -0.05) is 0 Å². The molecule has 2 aliphatic rings. The summed E-state index contributed by atoms with van der Waals surface area (Å²) in [5.74, 6) is -0.0682. The lowest BCUT2D eigenvalue weighted by atomic mass is 10.1. The minimum absolute atomic E-state index is 0.0682. The fraction of sp³-hybridized carbons (Fsp3) is 0.0455. The van der Waals surface area contributed by atoms with E-state index in [9.17, 15) is 9.90 Å². The van der Waals surface area contributed by atoms with Crippen molar-refractivity contribution in [2.75, 3.05) is 10.6 Å². The van der Waals surface area contributed by atoms with Gasteiger partial charge in [-0.05, 0) is 47.2 Å². The van der Waals surface area contributed by atoms with Crippen molar-refractivity contribution in [3.05, 3.63) is 67.3 Å². The summed E-state index contributed by atoms with van der Waals surface area (Å²) in [6.07, 6.45) is -0.762. The first-order valence-corrected chi connectivity index (χ1v) is 12.7. The molecule has 0 aliphatic carbocycles. The molecule has 4 aromatic heterocycles. The third-order valence-electron chi connectivity index (χ3n) is 5.55. The van der Waals surface area contributed by atoms with E-state index in [0.29, 0.717) is 5.57 Å². The predicted molar refractivity (Wildman–Crippen MR) is 128 cm³/mol. The molecule has 8 heteroatoms. The molecule has 0 spiro atoms. The highest BCUT2D eigenvalue weighted by Gasteiger charge is 2.29. The van der Waals surface area contributed by atoms with Crippen LogP contribution < -0.4 is 21.1 Å². The van der Waals surface area contributed by atoms with Gasteiger partial charge in [0.15, 0.2) is 6.23 Å². The van der Waals surface area contributed by atoms with Gasteiger partial charge >= 0.3 is 0 Å². The number of hydrogen-bond donors (Lipinski definition) is 3. The van der Waals surface area contributed by atoms with E-state index in [1.165, 1.54) is 18.8 Å². The van der Waals surface area contributed by atoms with Gasteiger partial charge in [0, 0.05) is 55.9 Å². The molecule has 6 heterocycles. The molecule has 30 heavy (non-hydrogen) atoms. The standard InChI is InChI=1S/C22H12N2O2S4/c25-21-19(17-7-15-13(29-17)1-3-27-15)9-5-12-10(6-11(9)23-21)20(22(26)24-12)18-8-16-14(30-18)2-4-28-16/h1-8,21,23,25H,(H,24,26). The average molecular weight is 465 g/mol. The van der Waals surface area contributed by atoms with Crippen LogP contribution in [0.1, 0.15) is 9.75 Å². The lowest BCUT2D eigenvalue weighted by Crippen LogP contribution is -2.15. The van der Waals surface area contributed by atoms with Gasteiger partial charge in [0.05, 0.1) is 5.57 Å². The minimum Gasteiger partial charge on any atom is -0.369 e. The van der Waals surface area contributed by atoms with E-state index < -0.39 is 6.23 Å². The van der Waals surface area contributed by atoms with Crippen molar-refractivity contribution >= 4 is 92.6 Å². The second-order valence-electron chi connectivity index (χ2n) is 7.25. The fourth-order valence-electron chi connectivity index (χ4n) is 4.23. The zero-order valence-corrected chi connectivity index (χ0v) is 18.5. The van der Waals surface area contributed by atoms with Crippen molar-refractivity contribution in [2.45, 2.75) is 6.23 Å². The predicted octanol–water partition coefficient (Wildman–Crippen LogP) is 4.33. The molecule has 5 aromatic rings. The van der Waals surface area contributed by atoms with E-state index in [1.54, 1.807) is 45.3 Å². The molecular formula is C22H12N2O2S4. The summed E-state index contributed by atoms with van der Waals surface area (Å²) < 4.78 is 4.86. The summed E-state index contributed by atoms with van der Waals surface area (Å²) in [5, 5.41) is 23.0. The van der Waals surface area contributed by atoms with E-state index in [2.05, 4.69) is 45.7 Å². The number of fused-ring (bicyclic) bond motifs is 4. The molecule has 0 radical (unpaired) electrons.